The molecular formula is C14H8MnO8. The van der Waals surface area contributed by atoms with Crippen molar-refractivity contribution in [1.29, 1.82) is 0 Å². The fourth-order valence-corrected chi connectivity index (χ4v) is 1.65. The smallest absolute Gasteiger partial charge is 0.548 e. The van der Waals surface area contributed by atoms with E-state index in [1.807, 2.05) is 0 Å². The van der Waals surface area contributed by atoms with Gasteiger partial charge in [-0.3, -0.25) is 0 Å². The van der Waals surface area contributed by atoms with Gasteiger partial charge in [-0.15, -0.1) is 0 Å². The van der Waals surface area contributed by atoms with Crippen LogP contribution in [0.15, 0.2) is 48.6 Å². The Morgan fingerprint density at radius 1 is 0.522 bits per heavy atom. The summed E-state index contributed by atoms with van der Waals surface area (Å²) < 4.78 is 0. The molecule has 0 unspecified atom stereocenters. The predicted octanol–water partition coefficient (Wildman–Crippen LogP) is -4.81. The van der Waals surface area contributed by atoms with E-state index >= 15 is 0 Å². The number of aliphatic carboxylic acids is 4. The molecular weight excluding hydrogens is 351 g/mol. The van der Waals surface area contributed by atoms with Crippen LogP contribution >= 0.6 is 0 Å². The zero-order valence-corrected chi connectivity index (χ0v) is 12.4. The van der Waals surface area contributed by atoms with Gasteiger partial charge in [0.1, 0.15) is 0 Å². The molecule has 0 aromatic heterocycles. The molecule has 2 aliphatic carbocycles. The Kier molecular flexibility index (Phi) is 6.70. The Bertz CT molecular complexity index is 529. The second-order valence-electron chi connectivity index (χ2n) is 4.32. The Hall–Kier alpha value is -2.64. The first kappa shape index (κ1) is 20.4. The van der Waals surface area contributed by atoms with Crippen LogP contribution in [-0.2, 0) is 36.2 Å². The third-order valence-corrected chi connectivity index (χ3v) is 3.01. The average molecular weight is 359 g/mol. The first-order valence-corrected chi connectivity index (χ1v) is 5.79. The van der Waals surface area contributed by atoms with E-state index in [1.165, 1.54) is 24.3 Å². The molecule has 0 fully saturated rings. The Balaban J connectivity index is 0.000000403. The van der Waals surface area contributed by atoms with E-state index in [1.54, 1.807) is 0 Å². The van der Waals surface area contributed by atoms with E-state index in [0.717, 1.165) is 24.3 Å². The quantitative estimate of drug-likeness (QED) is 0.357. The number of carboxylic acid groups (broad SMARTS) is 4. The van der Waals surface area contributed by atoms with E-state index < -0.39 is 34.7 Å². The topological polar surface area (TPSA) is 161 Å². The summed E-state index contributed by atoms with van der Waals surface area (Å²) in [5.41, 5.74) is -4.11. The molecule has 0 atom stereocenters. The molecule has 0 saturated carbocycles. The van der Waals surface area contributed by atoms with E-state index in [-0.39, 0.29) is 17.1 Å². The zero-order chi connectivity index (χ0) is 17.0. The molecule has 0 heterocycles. The Morgan fingerprint density at radius 3 is 0.783 bits per heavy atom. The third-order valence-electron chi connectivity index (χ3n) is 3.01. The maximum atomic E-state index is 10.3. The van der Waals surface area contributed by atoms with Crippen molar-refractivity contribution in [3.8, 4) is 0 Å². The van der Waals surface area contributed by atoms with Gasteiger partial charge in [-0.05, 0) is 0 Å². The van der Waals surface area contributed by atoms with Crippen molar-refractivity contribution in [2.24, 2.45) is 10.8 Å². The third kappa shape index (κ3) is 3.77. The van der Waals surface area contributed by atoms with Crippen molar-refractivity contribution in [1.82, 2.24) is 0 Å². The van der Waals surface area contributed by atoms with Crippen molar-refractivity contribution in [3.63, 3.8) is 0 Å². The van der Waals surface area contributed by atoms with Gasteiger partial charge in [0.15, 0.2) is 0 Å². The summed E-state index contributed by atoms with van der Waals surface area (Å²) in [4.78, 5) is 41.3. The van der Waals surface area contributed by atoms with E-state index in [2.05, 4.69) is 0 Å². The number of rotatable bonds is 4. The molecule has 8 nitrogen and oxygen atoms in total. The van der Waals surface area contributed by atoms with Crippen LogP contribution in [-0.4, -0.2) is 23.9 Å². The summed E-state index contributed by atoms with van der Waals surface area (Å²) in [6, 6.07) is 0. The number of carbonyl (C=O) groups excluding carboxylic acids is 4. The van der Waals surface area contributed by atoms with Gasteiger partial charge in [-0.2, -0.15) is 0 Å². The van der Waals surface area contributed by atoms with Gasteiger partial charge in [-0.1, -0.05) is 48.6 Å². The van der Waals surface area contributed by atoms with Crippen molar-refractivity contribution in [2.45, 2.75) is 0 Å². The average Bonchev–Trinajstić information content (AvgIpc) is 3.10. The maximum Gasteiger partial charge on any atom is 4.00 e. The summed E-state index contributed by atoms with van der Waals surface area (Å²) in [6.07, 6.45) is 9.35. The molecule has 0 N–H and O–H groups in total. The van der Waals surface area contributed by atoms with Gasteiger partial charge in [-0.25, -0.2) is 0 Å². The van der Waals surface area contributed by atoms with E-state index in [9.17, 15) is 39.6 Å². The summed E-state index contributed by atoms with van der Waals surface area (Å²) in [5.74, 6) is -6.71. The van der Waals surface area contributed by atoms with Crippen LogP contribution in [0, 0.1) is 10.8 Å². The molecule has 0 aromatic rings. The molecule has 1 radical (unpaired) electrons. The zero-order valence-electron chi connectivity index (χ0n) is 11.3. The summed E-state index contributed by atoms with van der Waals surface area (Å²) in [7, 11) is 0. The van der Waals surface area contributed by atoms with Crippen LogP contribution in [0.1, 0.15) is 0 Å². The number of carbonyl (C=O) groups is 4. The minimum Gasteiger partial charge on any atom is -0.548 e. The second kappa shape index (κ2) is 7.57. The molecule has 0 bridgehead atoms. The standard InChI is InChI=1S/2C7H6O4.Mn/c2*8-5(9)7(6(10)11)3-1-2-4-7;/h2*1-4H,(H,8,9)(H,10,11);/q;;+4/p-4. The summed E-state index contributed by atoms with van der Waals surface area (Å²) in [5, 5.41) is 41.3. The molecule has 0 amide bonds. The fraction of sp³-hybridized carbons (Fsp3) is 0.143. The minimum atomic E-state index is -2.06. The SMILES string of the molecule is O=C([O-])C1(C(=O)[O-])C=CC=C1.O=C([O-])C1(C(=O)[O-])C=CC=C1.[Mn+4]. The molecule has 0 aliphatic heterocycles. The van der Waals surface area contributed by atoms with Crippen LogP contribution in [0.2, 0.25) is 0 Å². The van der Waals surface area contributed by atoms with Gasteiger partial charge in [0, 0.05) is 0 Å². The van der Waals surface area contributed by atoms with Crippen LogP contribution in [0.5, 0.6) is 0 Å². The predicted molar refractivity (Wildman–Crippen MR) is 61.5 cm³/mol. The fourth-order valence-electron chi connectivity index (χ4n) is 1.65. The molecule has 23 heavy (non-hydrogen) atoms. The number of hydrogen-bond acceptors (Lipinski definition) is 8. The van der Waals surface area contributed by atoms with Crippen molar-refractivity contribution in [2.75, 3.05) is 0 Å². The molecule has 9 heteroatoms. The van der Waals surface area contributed by atoms with Gasteiger partial charge in [0.2, 0.25) is 0 Å². The molecule has 2 rings (SSSR count). The van der Waals surface area contributed by atoms with E-state index in [0.29, 0.717) is 0 Å². The van der Waals surface area contributed by atoms with Gasteiger partial charge in [0.25, 0.3) is 0 Å². The molecule has 0 saturated heterocycles. The van der Waals surface area contributed by atoms with Crippen LogP contribution < -0.4 is 20.4 Å². The summed E-state index contributed by atoms with van der Waals surface area (Å²) >= 11 is 0. The number of allylic oxidation sites excluding steroid dienone is 4. The first-order valence-electron chi connectivity index (χ1n) is 5.79. The molecule has 0 aromatic carbocycles. The van der Waals surface area contributed by atoms with Gasteiger partial charge in [0.05, 0.1) is 34.7 Å². The van der Waals surface area contributed by atoms with E-state index in [4.69, 9.17) is 0 Å². The van der Waals surface area contributed by atoms with Crippen LogP contribution in [0.25, 0.3) is 0 Å². The number of hydrogen-bond donors (Lipinski definition) is 0. The van der Waals surface area contributed by atoms with Gasteiger partial charge >= 0.3 is 17.1 Å². The Labute approximate surface area is 140 Å². The van der Waals surface area contributed by atoms with Crippen molar-refractivity contribution in [3.05, 3.63) is 48.6 Å². The normalized spacial score (nSPS) is 17.7. The second-order valence-corrected chi connectivity index (χ2v) is 4.32. The monoisotopic (exact) mass is 359 g/mol. The molecule has 0 spiro atoms. The van der Waals surface area contributed by atoms with Gasteiger partial charge < -0.3 is 39.6 Å². The largest absolute Gasteiger partial charge is 4.00 e. The van der Waals surface area contributed by atoms with Crippen LogP contribution in [0.4, 0.5) is 0 Å². The maximum absolute atomic E-state index is 10.3. The minimum absolute atomic E-state index is 0. The number of carboxylic acids is 4. The van der Waals surface area contributed by atoms with Crippen molar-refractivity contribution < 1.29 is 56.7 Å². The molecule has 2 aliphatic rings. The summed E-state index contributed by atoms with van der Waals surface area (Å²) in [6.45, 7) is 0. The molecule has 119 valence electrons. The van der Waals surface area contributed by atoms with Crippen LogP contribution in [0.3, 0.4) is 0 Å². The van der Waals surface area contributed by atoms with Crippen molar-refractivity contribution >= 4 is 23.9 Å². The Morgan fingerprint density at radius 2 is 0.696 bits per heavy atom. The first-order chi connectivity index (χ1) is 10.2.